The maximum atomic E-state index is 12.2. The van der Waals surface area contributed by atoms with Crippen LogP contribution in [0.15, 0.2) is 88.7 Å². The van der Waals surface area contributed by atoms with Crippen molar-refractivity contribution in [1.82, 2.24) is 0 Å². The Morgan fingerprint density at radius 1 is 0.920 bits per heavy atom. The van der Waals surface area contributed by atoms with Crippen molar-refractivity contribution in [1.29, 1.82) is 0 Å². The Labute approximate surface area is 156 Å². The molecule has 1 N–H and O–H groups in total. The Hall–Kier alpha value is -2.43. The van der Waals surface area contributed by atoms with Crippen LogP contribution in [0.1, 0.15) is 0 Å². The summed E-state index contributed by atoms with van der Waals surface area (Å²) in [6.45, 7) is -0.0377. The minimum atomic E-state index is -0.201. The molecule has 3 aromatic rings. The zero-order chi connectivity index (χ0) is 17.5. The molecule has 0 aliphatic carbocycles. The van der Waals surface area contributed by atoms with E-state index in [2.05, 4.69) is 5.32 Å². The minimum absolute atomic E-state index is 0.0377. The molecule has 0 spiro atoms. The van der Waals surface area contributed by atoms with Gasteiger partial charge in [-0.2, -0.15) is 0 Å². The number of carbonyl (C=O) groups is 1. The molecule has 3 rings (SSSR count). The lowest BCUT2D eigenvalue weighted by Crippen LogP contribution is -2.20. The lowest BCUT2D eigenvalue weighted by Gasteiger charge is -2.11. The fourth-order valence-corrected chi connectivity index (χ4v) is 3.17. The first-order valence-electron chi connectivity index (χ1n) is 7.71. The third kappa shape index (κ3) is 5.28. The third-order valence-corrected chi connectivity index (χ3v) is 4.65. The molecule has 0 bridgehead atoms. The second kappa shape index (κ2) is 8.60. The third-order valence-electron chi connectivity index (χ3n) is 3.32. The van der Waals surface area contributed by atoms with Crippen LogP contribution in [0, 0.1) is 0 Å². The number of carbonyl (C=O) groups excluding carboxylic acids is 1. The number of para-hydroxylation sites is 2. The largest absolute Gasteiger partial charge is 0.484 e. The van der Waals surface area contributed by atoms with Crippen molar-refractivity contribution in [2.24, 2.45) is 0 Å². The van der Waals surface area contributed by atoms with Crippen molar-refractivity contribution < 1.29 is 9.53 Å². The molecule has 0 fully saturated rings. The molecule has 0 heterocycles. The first-order chi connectivity index (χ1) is 12.2. The summed E-state index contributed by atoms with van der Waals surface area (Å²) in [5.74, 6) is 0.467. The van der Waals surface area contributed by atoms with E-state index in [9.17, 15) is 4.79 Å². The summed E-state index contributed by atoms with van der Waals surface area (Å²) >= 11 is 7.49. The SMILES string of the molecule is O=C(COc1ccccc1)Nc1ccccc1Sc1ccc(Cl)cc1. The predicted octanol–water partition coefficient (Wildman–Crippen LogP) is 5.51. The van der Waals surface area contributed by atoms with Gasteiger partial charge in [0.1, 0.15) is 5.75 Å². The van der Waals surface area contributed by atoms with Gasteiger partial charge in [0.25, 0.3) is 5.91 Å². The Morgan fingerprint density at radius 2 is 1.60 bits per heavy atom. The summed E-state index contributed by atoms with van der Waals surface area (Å²) in [4.78, 5) is 14.2. The first kappa shape index (κ1) is 17.4. The lowest BCUT2D eigenvalue weighted by atomic mass is 10.3. The topological polar surface area (TPSA) is 38.3 Å². The molecule has 3 nitrogen and oxygen atoms in total. The van der Waals surface area contributed by atoms with E-state index >= 15 is 0 Å². The number of benzene rings is 3. The maximum Gasteiger partial charge on any atom is 0.262 e. The Morgan fingerprint density at radius 3 is 2.36 bits per heavy atom. The predicted molar refractivity (Wildman–Crippen MR) is 103 cm³/mol. The fraction of sp³-hybridized carbons (Fsp3) is 0.0500. The minimum Gasteiger partial charge on any atom is -0.484 e. The van der Waals surface area contributed by atoms with E-state index in [1.807, 2.05) is 78.9 Å². The standard InChI is InChI=1S/C20H16ClNO2S/c21-15-10-12-17(13-11-15)25-19-9-5-4-8-18(19)22-20(23)14-24-16-6-2-1-3-7-16/h1-13H,14H2,(H,22,23). The number of hydrogen-bond acceptors (Lipinski definition) is 3. The number of ether oxygens (including phenoxy) is 1. The second-order valence-corrected chi connectivity index (χ2v) is 6.75. The van der Waals surface area contributed by atoms with Crippen LogP contribution in [0.25, 0.3) is 0 Å². The highest BCUT2D eigenvalue weighted by atomic mass is 35.5. The molecule has 25 heavy (non-hydrogen) atoms. The van der Waals surface area contributed by atoms with Crippen LogP contribution >= 0.6 is 23.4 Å². The second-order valence-electron chi connectivity index (χ2n) is 5.20. The van der Waals surface area contributed by atoms with Gasteiger partial charge in [0.2, 0.25) is 0 Å². The average molecular weight is 370 g/mol. The van der Waals surface area contributed by atoms with Crippen LogP contribution in [-0.4, -0.2) is 12.5 Å². The van der Waals surface area contributed by atoms with Crippen LogP contribution in [0.4, 0.5) is 5.69 Å². The van der Waals surface area contributed by atoms with Crippen molar-refractivity contribution in [3.63, 3.8) is 0 Å². The molecular weight excluding hydrogens is 354 g/mol. The highest BCUT2D eigenvalue weighted by molar-refractivity contribution is 7.99. The average Bonchev–Trinajstić information content (AvgIpc) is 2.64. The lowest BCUT2D eigenvalue weighted by molar-refractivity contribution is -0.118. The number of anilines is 1. The molecule has 3 aromatic carbocycles. The van der Waals surface area contributed by atoms with E-state index in [0.29, 0.717) is 10.8 Å². The number of rotatable bonds is 6. The highest BCUT2D eigenvalue weighted by Crippen LogP contribution is 2.33. The molecule has 0 atom stereocenters. The van der Waals surface area contributed by atoms with Crippen LogP contribution in [0.2, 0.25) is 5.02 Å². The van der Waals surface area contributed by atoms with E-state index in [1.54, 1.807) is 11.8 Å². The summed E-state index contributed by atoms with van der Waals surface area (Å²) < 4.78 is 5.48. The molecular formula is C20H16ClNO2S. The molecule has 0 unspecified atom stereocenters. The smallest absolute Gasteiger partial charge is 0.262 e. The number of halogens is 1. The van der Waals surface area contributed by atoms with Gasteiger partial charge < -0.3 is 10.1 Å². The van der Waals surface area contributed by atoms with Crippen molar-refractivity contribution in [2.45, 2.75) is 9.79 Å². The van der Waals surface area contributed by atoms with Gasteiger partial charge in [-0.15, -0.1) is 0 Å². The van der Waals surface area contributed by atoms with Crippen molar-refractivity contribution >= 4 is 35.0 Å². The Bertz CT molecular complexity index is 838. The van der Waals surface area contributed by atoms with Gasteiger partial charge in [-0.25, -0.2) is 0 Å². The van der Waals surface area contributed by atoms with Gasteiger partial charge >= 0.3 is 0 Å². The Kier molecular flexibility index (Phi) is 5.99. The van der Waals surface area contributed by atoms with E-state index in [1.165, 1.54) is 0 Å². The van der Waals surface area contributed by atoms with Gasteiger partial charge in [-0.3, -0.25) is 4.79 Å². The molecule has 126 valence electrons. The molecule has 0 aromatic heterocycles. The van der Waals surface area contributed by atoms with Crippen LogP contribution in [-0.2, 0) is 4.79 Å². The van der Waals surface area contributed by atoms with Gasteiger partial charge in [-0.1, -0.05) is 53.7 Å². The summed E-state index contributed by atoms with van der Waals surface area (Å²) in [5, 5.41) is 3.60. The van der Waals surface area contributed by atoms with Crippen LogP contribution < -0.4 is 10.1 Å². The van der Waals surface area contributed by atoms with E-state index in [-0.39, 0.29) is 12.5 Å². The molecule has 5 heteroatoms. The van der Waals surface area contributed by atoms with E-state index < -0.39 is 0 Å². The van der Waals surface area contributed by atoms with Crippen LogP contribution in [0.3, 0.4) is 0 Å². The van der Waals surface area contributed by atoms with E-state index in [4.69, 9.17) is 16.3 Å². The molecule has 0 aliphatic heterocycles. The number of amides is 1. The van der Waals surface area contributed by atoms with Crippen molar-refractivity contribution in [3.05, 3.63) is 83.9 Å². The van der Waals surface area contributed by atoms with Gasteiger partial charge in [0, 0.05) is 14.8 Å². The number of hydrogen-bond donors (Lipinski definition) is 1. The normalized spacial score (nSPS) is 10.3. The van der Waals surface area contributed by atoms with Crippen LogP contribution in [0.5, 0.6) is 5.75 Å². The summed E-state index contributed by atoms with van der Waals surface area (Å²) in [7, 11) is 0. The first-order valence-corrected chi connectivity index (χ1v) is 8.90. The quantitative estimate of drug-likeness (QED) is 0.622. The molecule has 0 radical (unpaired) electrons. The van der Waals surface area contributed by atoms with E-state index in [0.717, 1.165) is 15.5 Å². The van der Waals surface area contributed by atoms with Gasteiger partial charge in [0.05, 0.1) is 5.69 Å². The molecule has 0 aliphatic rings. The van der Waals surface area contributed by atoms with Crippen molar-refractivity contribution in [3.8, 4) is 5.75 Å². The highest BCUT2D eigenvalue weighted by Gasteiger charge is 2.09. The van der Waals surface area contributed by atoms with Gasteiger partial charge in [0.15, 0.2) is 6.61 Å². The Balaban J connectivity index is 1.64. The van der Waals surface area contributed by atoms with Crippen molar-refractivity contribution in [2.75, 3.05) is 11.9 Å². The number of nitrogens with one attached hydrogen (secondary N) is 1. The van der Waals surface area contributed by atoms with Gasteiger partial charge in [-0.05, 0) is 48.5 Å². The summed E-state index contributed by atoms with van der Waals surface area (Å²) in [6, 6.07) is 24.5. The summed E-state index contributed by atoms with van der Waals surface area (Å²) in [6.07, 6.45) is 0. The summed E-state index contributed by atoms with van der Waals surface area (Å²) in [5.41, 5.74) is 0.754. The zero-order valence-electron chi connectivity index (χ0n) is 13.3. The molecule has 0 saturated heterocycles. The molecule has 1 amide bonds. The molecule has 0 saturated carbocycles. The zero-order valence-corrected chi connectivity index (χ0v) is 14.9. The maximum absolute atomic E-state index is 12.2. The monoisotopic (exact) mass is 369 g/mol. The fourth-order valence-electron chi connectivity index (χ4n) is 2.14.